The van der Waals surface area contributed by atoms with Gasteiger partial charge in [0.2, 0.25) is 0 Å². The number of hydrogen-bond donors (Lipinski definition) is 1. The van der Waals surface area contributed by atoms with Gasteiger partial charge in [-0.25, -0.2) is 4.79 Å². The van der Waals surface area contributed by atoms with E-state index in [0.29, 0.717) is 12.0 Å². The predicted octanol–water partition coefficient (Wildman–Crippen LogP) is 3.40. The summed E-state index contributed by atoms with van der Waals surface area (Å²) in [6.45, 7) is 5.14. The predicted molar refractivity (Wildman–Crippen MR) is 86.0 cm³/mol. The quantitative estimate of drug-likeness (QED) is 0.530. The fourth-order valence-corrected chi connectivity index (χ4v) is 1.78. The largest absolute Gasteiger partial charge is 0.462 e. The zero-order valence-electron chi connectivity index (χ0n) is 13.4. The molecule has 0 unspecified atom stereocenters. The van der Waals surface area contributed by atoms with Gasteiger partial charge in [0.1, 0.15) is 13.2 Å². The van der Waals surface area contributed by atoms with Crippen LogP contribution in [0.5, 0.6) is 0 Å². The van der Waals surface area contributed by atoms with Crippen molar-refractivity contribution in [3.63, 3.8) is 0 Å². The molecule has 1 aromatic carbocycles. The van der Waals surface area contributed by atoms with Crippen LogP contribution >= 0.6 is 0 Å². The van der Waals surface area contributed by atoms with Crippen LogP contribution in [0, 0.1) is 0 Å². The Morgan fingerprint density at radius 2 is 1.68 bits per heavy atom. The number of esters is 2. The maximum atomic E-state index is 11.8. The molecule has 0 saturated carbocycles. The van der Waals surface area contributed by atoms with Crippen LogP contribution in [-0.2, 0) is 14.3 Å². The summed E-state index contributed by atoms with van der Waals surface area (Å²) < 4.78 is 9.98. The van der Waals surface area contributed by atoms with Crippen molar-refractivity contribution in [3.05, 3.63) is 29.8 Å². The minimum Gasteiger partial charge on any atom is -0.462 e. The summed E-state index contributed by atoms with van der Waals surface area (Å²) in [5, 5.41) is 3.28. The van der Waals surface area contributed by atoms with Gasteiger partial charge in [0, 0.05) is 18.7 Å². The molecule has 0 fully saturated rings. The van der Waals surface area contributed by atoms with E-state index in [9.17, 15) is 9.59 Å². The Labute approximate surface area is 132 Å². The number of anilines is 1. The average molecular weight is 307 g/mol. The zero-order valence-corrected chi connectivity index (χ0v) is 13.4. The number of nitrogens with one attached hydrogen (secondary N) is 1. The molecule has 0 bridgehead atoms. The lowest BCUT2D eigenvalue weighted by Crippen LogP contribution is -2.13. The molecule has 0 radical (unpaired) electrons. The van der Waals surface area contributed by atoms with E-state index in [1.807, 2.05) is 19.1 Å². The van der Waals surface area contributed by atoms with Crippen LogP contribution in [0.3, 0.4) is 0 Å². The summed E-state index contributed by atoms with van der Waals surface area (Å²) in [4.78, 5) is 22.9. The zero-order chi connectivity index (χ0) is 16.2. The molecule has 0 aliphatic carbocycles. The minimum absolute atomic E-state index is 0.0742. The Balaban J connectivity index is 2.29. The van der Waals surface area contributed by atoms with E-state index in [2.05, 4.69) is 12.2 Å². The number of carbonyl (C=O) groups excluding carboxylic acids is 2. The van der Waals surface area contributed by atoms with Crippen molar-refractivity contribution in [1.29, 1.82) is 0 Å². The van der Waals surface area contributed by atoms with E-state index in [1.54, 1.807) is 12.1 Å². The Hall–Kier alpha value is -2.04. The monoisotopic (exact) mass is 307 g/mol. The summed E-state index contributed by atoms with van der Waals surface area (Å²) in [6, 6.07) is 7.15. The van der Waals surface area contributed by atoms with E-state index in [4.69, 9.17) is 9.47 Å². The SMILES string of the molecule is CCCCNc1ccc(C(=O)OCCOC(=O)CCC)cc1. The smallest absolute Gasteiger partial charge is 0.338 e. The van der Waals surface area contributed by atoms with E-state index >= 15 is 0 Å². The number of benzene rings is 1. The van der Waals surface area contributed by atoms with Gasteiger partial charge in [-0.05, 0) is 37.1 Å². The molecule has 0 aliphatic heterocycles. The van der Waals surface area contributed by atoms with Crippen LogP contribution in [-0.4, -0.2) is 31.7 Å². The van der Waals surface area contributed by atoms with Crippen molar-refractivity contribution in [2.24, 2.45) is 0 Å². The number of hydrogen-bond acceptors (Lipinski definition) is 5. The first kappa shape index (κ1) is 18.0. The van der Waals surface area contributed by atoms with Crippen LogP contribution in [0.2, 0.25) is 0 Å². The molecule has 0 saturated heterocycles. The molecule has 1 aromatic rings. The maximum Gasteiger partial charge on any atom is 0.338 e. The van der Waals surface area contributed by atoms with Gasteiger partial charge in [0.05, 0.1) is 5.56 Å². The third-order valence-electron chi connectivity index (χ3n) is 3.01. The van der Waals surface area contributed by atoms with Gasteiger partial charge < -0.3 is 14.8 Å². The van der Waals surface area contributed by atoms with Crippen molar-refractivity contribution in [3.8, 4) is 0 Å². The molecule has 0 spiro atoms. The van der Waals surface area contributed by atoms with Crippen molar-refractivity contribution in [2.45, 2.75) is 39.5 Å². The lowest BCUT2D eigenvalue weighted by Gasteiger charge is -2.08. The molecule has 5 heteroatoms. The molecule has 22 heavy (non-hydrogen) atoms. The molecule has 1 N–H and O–H groups in total. The molecule has 0 aliphatic rings. The molecule has 0 atom stereocenters. The molecule has 0 heterocycles. The molecule has 122 valence electrons. The summed E-state index contributed by atoms with van der Waals surface area (Å²) in [7, 11) is 0. The second-order valence-electron chi connectivity index (χ2n) is 4.96. The first-order chi connectivity index (χ1) is 10.7. The lowest BCUT2D eigenvalue weighted by molar-refractivity contribution is -0.144. The van der Waals surface area contributed by atoms with Crippen LogP contribution in [0.1, 0.15) is 49.9 Å². The Bertz CT molecular complexity index is 456. The summed E-state index contributed by atoms with van der Waals surface area (Å²) in [5.74, 6) is -0.673. The summed E-state index contributed by atoms with van der Waals surface area (Å²) in [6.07, 6.45) is 3.39. The van der Waals surface area contributed by atoms with Gasteiger partial charge in [-0.3, -0.25) is 4.79 Å². The van der Waals surface area contributed by atoms with Crippen LogP contribution < -0.4 is 5.32 Å². The highest BCUT2D eigenvalue weighted by Gasteiger charge is 2.07. The number of carbonyl (C=O) groups is 2. The standard InChI is InChI=1S/C17H25NO4/c1-3-5-11-18-15-9-7-14(8-10-15)17(20)22-13-12-21-16(19)6-4-2/h7-10,18H,3-6,11-13H2,1-2H3. The van der Waals surface area contributed by atoms with Gasteiger partial charge >= 0.3 is 11.9 Å². The van der Waals surface area contributed by atoms with Crippen molar-refractivity contribution < 1.29 is 19.1 Å². The Morgan fingerprint density at radius 1 is 1.00 bits per heavy atom. The van der Waals surface area contributed by atoms with E-state index < -0.39 is 5.97 Å². The molecular formula is C17H25NO4. The molecule has 1 rings (SSSR count). The minimum atomic E-state index is -0.411. The second-order valence-corrected chi connectivity index (χ2v) is 4.96. The van der Waals surface area contributed by atoms with Crippen molar-refractivity contribution in [2.75, 3.05) is 25.1 Å². The molecular weight excluding hydrogens is 282 g/mol. The molecule has 0 amide bonds. The highest BCUT2D eigenvalue weighted by Crippen LogP contribution is 2.10. The second kappa shape index (κ2) is 10.7. The van der Waals surface area contributed by atoms with Crippen LogP contribution in [0.4, 0.5) is 5.69 Å². The summed E-state index contributed by atoms with van der Waals surface area (Å²) in [5.41, 5.74) is 1.47. The van der Waals surface area contributed by atoms with E-state index in [0.717, 1.165) is 31.5 Å². The maximum absolute atomic E-state index is 11.8. The van der Waals surface area contributed by atoms with Crippen molar-refractivity contribution in [1.82, 2.24) is 0 Å². The van der Waals surface area contributed by atoms with Gasteiger partial charge in [-0.1, -0.05) is 20.3 Å². The highest BCUT2D eigenvalue weighted by molar-refractivity contribution is 5.89. The van der Waals surface area contributed by atoms with Crippen molar-refractivity contribution >= 4 is 17.6 Å². The fraction of sp³-hybridized carbons (Fsp3) is 0.529. The summed E-state index contributed by atoms with van der Waals surface area (Å²) >= 11 is 0. The van der Waals surface area contributed by atoms with Gasteiger partial charge in [0.15, 0.2) is 0 Å². The lowest BCUT2D eigenvalue weighted by atomic mass is 10.2. The normalized spacial score (nSPS) is 10.1. The third-order valence-corrected chi connectivity index (χ3v) is 3.01. The van der Waals surface area contributed by atoms with E-state index in [1.165, 1.54) is 0 Å². The Morgan fingerprint density at radius 3 is 2.32 bits per heavy atom. The number of rotatable bonds is 10. The Kier molecular flexibility index (Phi) is 8.72. The first-order valence-electron chi connectivity index (χ1n) is 7.84. The van der Waals surface area contributed by atoms with Gasteiger partial charge in [-0.2, -0.15) is 0 Å². The topological polar surface area (TPSA) is 64.6 Å². The van der Waals surface area contributed by atoms with Gasteiger partial charge in [0.25, 0.3) is 0 Å². The molecule has 0 aromatic heterocycles. The first-order valence-corrected chi connectivity index (χ1v) is 7.84. The number of unbranched alkanes of at least 4 members (excludes halogenated alkanes) is 1. The van der Waals surface area contributed by atoms with Gasteiger partial charge in [-0.15, -0.1) is 0 Å². The average Bonchev–Trinajstić information content (AvgIpc) is 2.52. The number of ether oxygens (including phenoxy) is 2. The van der Waals surface area contributed by atoms with Crippen LogP contribution in [0.25, 0.3) is 0 Å². The fourth-order valence-electron chi connectivity index (χ4n) is 1.78. The third kappa shape index (κ3) is 7.11. The highest BCUT2D eigenvalue weighted by atomic mass is 16.6. The van der Waals surface area contributed by atoms with E-state index in [-0.39, 0.29) is 19.2 Å². The van der Waals surface area contributed by atoms with Crippen LogP contribution in [0.15, 0.2) is 24.3 Å². The molecule has 5 nitrogen and oxygen atoms in total.